The Morgan fingerprint density at radius 2 is 2.17 bits per heavy atom. The van der Waals surface area contributed by atoms with Crippen molar-refractivity contribution >= 4 is 43.9 Å². The summed E-state index contributed by atoms with van der Waals surface area (Å²) in [6.07, 6.45) is 1.52. The molecule has 96 valence electrons. The first-order valence-corrected chi connectivity index (χ1v) is 7.13. The number of rotatable bonds is 5. The van der Waals surface area contributed by atoms with Gasteiger partial charge in [0.05, 0.1) is 5.00 Å². The number of nitrogens with two attached hydrogens (primary N) is 1. The van der Waals surface area contributed by atoms with E-state index < -0.39 is 0 Å². The smallest absolute Gasteiger partial charge is 0.136 e. The Hall–Kier alpha value is -1.18. The summed E-state index contributed by atoms with van der Waals surface area (Å²) in [4.78, 5) is 8.30. The van der Waals surface area contributed by atoms with Gasteiger partial charge < -0.3 is 16.4 Å². The Balaban J connectivity index is 2.02. The molecule has 0 saturated heterocycles. The van der Waals surface area contributed by atoms with Crippen molar-refractivity contribution in [3.8, 4) is 0 Å². The van der Waals surface area contributed by atoms with Crippen molar-refractivity contribution in [2.45, 2.75) is 13.0 Å². The zero-order chi connectivity index (χ0) is 13.0. The fourth-order valence-electron chi connectivity index (χ4n) is 1.29. The Labute approximate surface area is 118 Å². The van der Waals surface area contributed by atoms with Crippen LogP contribution >= 0.6 is 27.3 Å². The molecule has 0 aliphatic heterocycles. The topological polar surface area (TPSA) is 75.9 Å². The molecule has 2 aromatic heterocycles. The van der Waals surface area contributed by atoms with Gasteiger partial charge in [0.15, 0.2) is 0 Å². The third kappa shape index (κ3) is 3.94. The number of thiophene rings is 1. The third-order valence-electron chi connectivity index (χ3n) is 2.09. The maximum atomic E-state index is 5.68. The molecule has 2 aromatic rings. The minimum absolute atomic E-state index is 0.0876. The SMILES string of the molecule is CC(N)CNc1cc(Nc2cc(Br)cs2)ncn1. The van der Waals surface area contributed by atoms with Crippen LogP contribution in [0, 0.1) is 0 Å². The van der Waals surface area contributed by atoms with E-state index in [0.29, 0.717) is 6.54 Å². The minimum Gasteiger partial charge on any atom is -0.368 e. The fraction of sp³-hybridized carbons (Fsp3) is 0.273. The molecule has 0 bridgehead atoms. The van der Waals surface area contributed by atoms with Gasteiger partial charge >= 0.3 is 0 Å². The first-order chi connectivity index (χ1) is 8.63. The molecule has 1 atom stereocenters. The molecule has 2 rings (SSSR count). The highest BCUT2D eigenvalue weighted by Gasteiger charge is 2.02. The number of nitrogens with one attached hydrogen (secondary N) is 2. The second-order valence-corrected chi connectivity index (χ2v) is 5.73. The van der Waals surface area contributed by atoms with E-state index in [4.69, 9.17) is 5.73 Å². The van der Waals surface area contributed by atoms with E-state index in [9.17, 15) is 0 Å². The van der Waals surface area contributed by atoms with Gasteiger partial charge in [0.1, 0.15) is 18.0 Å². The van der Waals surface area contributed by atoms with Crippen LogP contribution in [0.3, 0.4) is 0 Å². The van der Waals surface area contributed by atoms with E-state index in [1.54, 1.807) is 11.3 Å². The van der Waals surface area contributed by atoms with Crippen molar-refractivity contribution in [3.63, 3.8) is 0 Å². The molecule has 7 heteroatoms. The predicted molar refractivity (Wildman–Crippen MR) is 79.5 cm³/mol. The quantitative estimate of drug-likeness (QED) is 0.787. The molecule has 0 fully saturated rings. The molecule has 1 unspecified atom stereocenters. The number of aromatic nitrogens is 2. The van der Waals surface area contributed by atoms with Crippen LogP contribution in [0.4, 0.5) is 16.6 Å². The summed E-state index contributed by atoms with van der Waals surface area (Å²) < 4.78 is 1.05. The average Bonchev–Trinajstić information content (AvgIpc) is 2.73. The van der Waals surface area contributed by atoms with E-state index in [1.165, 1.54) is 6.33 Å². The lowest BCUT2D eigenvalue weighted by Gasteiger charge is -2.09. The zero-order valence-corrected chi connectivity index (χ0v) is 12.3. The molecule has 0 aliphatic carbocycles. The molecule has 2 heterocycles. The third-order valence-corrected chi connectivity index (χ3v) is 3.70. The van der Waals surface area contributed by atoms with Crippen molar-refractivity contribution in [2.75, 3.05) is 17.2 Å². The van der Waals surface area contributed by atoms with Crippen molar-refractivity contribution < 1.29 is 0 Å². The van der Waals surface area contributed by atoms with Crippen molar-refractivity contribution in [1.29, 1.82) is 0 Å². The van der Waals surface area contributed by atoms with E-state index in [0.717, 1.165) is 21.1 Å². The van der Waals surface area contributed by atoms with Crippen molar-refractivity contribution in [2.24, 2.45) is 5.73 Å². The highest BCUT2D eigenvalue weighted by molar-refractivity contribution is 9.10. The lowest BCUT2D eigenvalue weighted by molar-refractivity contribution is 0.777. The summed E-state index contributed by atoms with van der Waals surface area (Å²) in [7, 11) is 0. The van der Waals surface area contributed by atoms with Gasteiger partial charge in [0.2, 0.25) is 0 Å². The Morgan fingerprint density at radius 3 is 2.83 bits per heavy atom. The number of anilines is 3. The molecule has 0 radical (unpaired) electrons. The number of nitrogens with zero attached hydrogens (tertiary/aromatic N) is 2. The van der Waals surface area contributed by atoms with Crippen LogP contribution in [0.1, 0.15) is 6.92 Å². The molecular formula is C11H14BrN5S. The second-order valence-electron chi connectivity index (χ2n) is 3.90. The molecule has 0 aliphatic rings. The summed E-state index contributed by atoms with van der Waals surface area (Å²) >= 11 is 5.02. The van der Waals surface area contributed by atoms with Gasteiger partial charge in [0, 0.05) is 28.5 Å². The second kappa shape index (κ2) is 6.12. The van der Waals surface area contributed by atoms with E-state index >= 15 is 0 Å². The minimum atomic E-state index is 0.0876. The van der Waals surface area contributed by atoms with Gasteiger partial charge in [-0.15, -0.1) is 11.3 Å². The Kier molecular flexibility index (Phi) is 4.51. The summed E-state index contributed by atoms with van der Waals surface area (Å²) in [5, 5.41) is 9.41. The molecule has 0 aromatic carbocycles. The number of hydrogen-bond acceptors (Lipinski definition) is 6. The summed E-state index contributed by atoms with van der Waals surface area (Å²) in [5.41, 5.74) is 5.68. The van der Waals surface area contributed by atoms with Crippen molar-refractivity contribution in [1.82, 2.24) is 9.97 Å². The number of halogens is 1. The molecule has 18 heavy (non-hydrogen) atoms. The van der Waals surface area contributed by atoms with Crippen LogP contribution in [0.5, 0.6) is 0 Å². The standard InChI is InChI=1S/C11H14BrN5S/c1-7(13)4-14-9-3-10(16-6-15-9)17-11-2-8(12)5-18-11/h2-3,5-7H,4,13H2,1H3,(H2,14,15,16,17). The monoisotopic (exact) mass is 327 g/mol. The lowest BCUT2D eigenvalue weighted by Crippen LogP contribution is -2.25. The maximum Gasteiger partial charge on any atom is 0.136 e. The molecule has 0 amide bonds. The summed E-state index contributed by atoms with van der Waals surface area (Å²) in [5.74, 6) is 1.52. The van der Waals surface area contributed by atoms with Crippen LogP contribution in [0.25, 0.3) is 0 Å². The number of hydrogen-bond donors (Lipinski definition) is 3. The van der Waals surface area contributed by atoms with Crippen LogP contribution in [0.15, 0.2) is 28.3 Å². The predicted octanol–water partition coefficient (Wildman–Crippen LogP) is 2.80. The highest BCUT2D eigenvalue weighted by atomic mass is 79.9. The largest absolute Gasteiger partial charge is 0.368 e. The van der Waals surface area contributed by atoms with Crippen LogP contribution in [0.2, 0.25) is 0 Å². The summed E-state index contributed by atoms with van der Waals surface area (Å²) in [6.45, 7) is 2.62. The zero-order valence-electron chi connectivity index (χ0n) is 9.85. The molecule has 0 saturated carbocycles. The highest BCUT2D eigenvalue weighted by Crippen LogP contribution is 2.27. The van der Waals surface area contributed by atoms with Crippen LogP contribution in [-0.4, -0.2) is 22.6 Å². The fourth-order valence-corrected chi connectivity index (χ4v) is 2.62. The molecule has 5 nitrogen and oxygen atoms in total. The maximum absolute atomic E-state index is 5.68. The first-order valence-electron chi connectivity index (χ1n) is 5.46. The van der Waals surface area contributed by atoms with Gasteiger partial charge in [-0.3, -0.25) is 0 Å². The van der Waals surface area contributed by atoms with Gasteiger partial charge in [-0.1, -0.05) is 0 Å². The Morgan fingerprint density at radius 1 is 1.39 bits per heavy atom. The van der Waals surface area contributed by atoms with Crippen LogP contribution in [-0.2, 0) is 0 Å². The van der Waals surface area contributed by atoms with Gasteiger partial charge in [-0.05, 0) is 28.9 Å². The van der Waals surface area contributed by atoms with Gasteiger partial charge in [-0.25, -0.2) is 9.97 Å². The Bertz CT molecular complexity index is 514. The normalized spacial score (nSPS) is 12.2. The van der Waals surface area contributed by atoms with Gasteiger partial charge in [0.25, 0.3) is 0 Å². The summed E-state index contributed by atoms with van der Waals surface area (Å²) in [6, 6.07) is 3.95. The first kappa shape index (κ1) is 13.3. The van der Waals surface area contributed by atoms with E-state index in [-0.39, 0.29) is 6.04 Å². The van der Waals surface area contributed by atoms with Crippen LogP contribution < -0.4 is 16.4 Å². The lowest BCUT2D eigenvalue weighted by atomic mass is 10.3. The van der Waals surface area contributed by atoms with Gasteiger partial charge in [-0.2, -0.15) is 0 Å². The molecule has 4 N–H and O–H groups in total. The average molecular weight is 328 g/mol. The van der Waals surface area contributed by atoms with Crippen molar-refractivity contribution in [3.05, 3.63) is 28.3 Å². The van der Waals surface area contributed by atoms with E-state index in [2.05, 4.69) is 36.5 Å². The molecular weight excluding hydrogens is 314 g/mol. The molecule has 0 spiro atoms. The van der Waals surface area contributed by atoms with E-state index in [1.807, 2.05) is 24.4 Å².